The van der Waals surface area contributed by atoms with Crippen LogP contribution in [0.4, 0.5) is 11.5 Å². The van der Waals surface area contributed by atoms with Gasteiger partial charge in [-0.1, -0.05) is 35.3 Å². The summed E-state index contributed by atoms with van der Waals surface area (Å²) in [6, 6.07) is 8.47. The van der Waals surface area contributed by atoms with Crippen LogP contribution in [0.15, 0.2) is 36.5 Å². The topological polar surface area (TPSA) is 97.8 Å². The molecule has 0 bridgehead atoms. The predicted octanol–water partition coefficient (Wildman–Crippen LogP) is 3.32. The van der Waals surface area contributed by atoms with E-state index in [-0.39, 0.29) is 29.7 Å². The zero-order valence-electron chi connectivity index (χ0n) is 16.2. The first kappa shape index (κ1) is 21.9. The molecule has 0 aliphatic carbocycles. The zero-order valence-corrected chi connectivity index (χ0v) is 17.7. The van der Waals surface area contributed by atoms with Crippen molar-refractivity contribution in [1.29, 1.82) is 0 Å². The summed E-state index contributed by atoms with van der Waals surface area (Å²) < 4.78 is 10.5. The number of ether oxygens (including phenoxy) is 2. The quantitative estimate of drug-likeness (QED) is 0.676. The van der Waals surface area contributed by atoms with Crippen LogP contribution >= 0.6 is 23.2 Å². The molecule has 0 spiro atoms. The Morgan fingerprint density at radius 1 is 1.30 bits per heavy atom. The maximum Gasteiger partial charge on any atom is 0.312 e. The number of pyridine rings is 1. The summed E-state index contributed by atoms with van der Waals surface area (Å²) in [6.07, 6.45) is 0.202. The number of benzene rings is 1. The molecular formula is C20H19Cl2N3O5. The molecule has 1 aliphatic heterocycles. The van der Waals surface area contributed by atoms with Crippen LogP contribution in [-0.4, -0.2) is 42.5 Å². The Morgan fingerprint density at radius 3 is 2.73 bits per heavy atom. The largest absolute Gasteiger partial charge is 0.495 e. The fourth-order valence-corrected chi connectivity index (χ4v) is 3.43. The lowest BCUT2D eigenvalue weighted by Crippen LogP contribution is -2.33. The smallest absolute Gasteiger partial charge is 0.312 e. The Kier molecular flexibility index (Phi) is 6.79. The van der Waals surface area contributed by atoms with Gasteiger partial charge in [0.2, 0.25) is 5.91 Å². The molecule has 1 aromatic carbocycles. The van der Waals surface area contributed by atoms with Crippen molar-refractivity contribution in [3.63, 3.8) is 0 Å². The normalized spacial score (nSPS) is 16.9. The molecule has 1 aliphatic rings. The number of aromatic nitrogens is 1. The third-order valence-corrected chi connectivity index (χ3v) is 5.04. The Balaban J connectivity index is 1.61. The minimum Gasteiger partial charge on any atom is -0.495 e. The van der Waals surface area contributed by atoms with Crippen LogP contribution in [0.1, 0.15) is 13.3 Å². The third kappa shape index (κ3) is 4.83. The highest BCUT2D eigenvalue weighted by Crippen LogP contribution is 2.33. The molecule has 0 unspecified atom stereocenters. The monoisotopic (exact) mass is 451 g/mol. The van der Waals surface area contributed by atoms with Crippen molar-refractivity contribution in [3.05, 3.63) is 46.6 Å². The van der Waals surface area contributed by atoms with Gasteiger partial charge in [0.15, 0.2) is 11.9 Å². The maximum absolute atomic E-state index is 12.5. The van der Waals surface area contributed by atoms with Crippen molar-refractivity contribution >= 4 is 52.5 Å². The lowest BCUT2D eigenvalue weighted by molar-refractivity contribution is -0.157. The van der Waals surface area contributed by atoms with Gasteiger partial charge in [-0.05, 0) is 25.1 Å². The summed E-state index contributed by atoms with van der Waals surface area (Å²) in [5, 5.41) is 2.96. The predicted molar refractivity (Wildman–Crippen MR) is 112 cm³/mol. The number of anilines is 2. The molecule has 1 aromatic heterocycles. The van der Waals surface area contributed by atoms with E-state index in [9.17, 15) is 14.4 Å². The minimum atomic E-state index is -1.11. The number of hydrogen-bond donors (Lipinski definition) is 1. The van der Waals surface area contributed by atoms with Crippen molar-refractivity contribution in [1.82, 2.24) is 4.98 Å². The van der Waals surface area contributed by atoms with Gasteiger partial charge in [-0.15, -0.1) is 0 Å². The lowest BCUT2D eigenvalue weighted by Gasteiger charge is -2.20. The molecule has 0 radical (unpaired) electrons. The number of esters is 1. The van der Waals surface area contributed by atoms with E-state index in [4.69, 9.17) is 32.7 Å². The van der Waals surface area contributed by atoms with Gasteiger partial charge in [0.1, 0.15) is 5.75 Å². The molecule has 2 amide bonds. The van der Waals surface area contributed by atoms with Crippen LogP contribution in [0.3, 0.4) is 0 Å². The molecule has 0 saturated carbocycles. The van der Waals surface area contributed by atoms with Crippen LogP contribution in [-0.2, 0) is 19.1 Å². The molecule has 2 aromatic rings. The molecular weight excluding hydrogens is 433 g/mol. The highest BCUT2D eigenvalue weighted by molar-refractivity contribution is 6.36. The van der Waals surface area contributed by atoms with E-state index in [2.05, 4.69) is 10.3 Å². The number of nitrogens with zero attached hydrogens (tertiary/aromatic N) is 2. The molecule has 2 heterocycles. The van der Waals surface area contributed by atoms with Crippen LogP contribution in [0.5, 0.6) is 5.75 Å². The van der Waals surface area contributed by atoms with Crippen molar-refractivity contribution in [2.75, 3.05) is 23.9 Å². The van der Waals surface area contributed by atoms with E-state index < -0.39 is 23.9 Å². The summed E-state index contributed by atoms with van der Waals surface area (Å²) in [5.41, 5.74) is 0.578. The summed E-state index contributed by atoms with van der Waals surface area (Å²) in [7, 11) is 1.51. The fourth-order valence-electron chi connectivity index (χ4n) is 3.00. The highest BCUT2D eigenvalue weighted by atomic mass is 35.5. The number of amides is 2. The summed E-state index contributed by atoms with van der Waals surface area (Å²) in [6.45, 7) is 1.56. The molecule has 158 valence electrons. The minimum absolute atomic E-state index is 0.0181. The standard InChI is InChI=1S/C20H19Cl2N3O5/c1-11(19(27)24-18-14(22)8-13(21)9-23-18)30-20(28)12-7-17(26)25(10-12)15-5-3-4-6-16(15)29-2/h3-6,8-9,11-12H,7,10H2,1-2H3,(H,23,24,27)/t11-,12+/m1/s1. The number of methoxy groups -OCH3 is 1. The van der Waals surface area contributed by atoms with Gasteiger partial charge < -0.3 is 19.7 Å². The first-order valence-corrected chi connectivity index (χ1v) is 9.81. The fraction of sp³-hybridized carbons (Fsp3) is 0.300. The van der Waals surface area contributed by atoms with E-state index >= 15 is 0 Å². The molecule has 30 heavy (non-hydrogen) atoms. The maximum atomic E-state index is 12.5. The van der Waals surface area contributed by atoms with Gasteiger partial charge >= 0.3 is 5.97 Å². The average molecular weight is 452 g/mol. The van der Waals surface area contributed by atoms with E-state index in [1.807, 2.05) is 0 Å². The Morgan fingerprint density at radius 2 is 2.03 bits per heavy atom. The van der Waals surface area contributed by atoms with Crippen molar-refractivity contribution in [2.24, 2.45) is 5.92 Å². The Hall–Kier alpha value is -2.84. The Labute approximate surface area is 183 Å². The Bertz CT molecular complexity index is 985. The van der Waals surface area contributed by atoms with Gasteiger partial charge in [0.05, 0.1) is 28.8 Å². The molecule has 1 saturated heterocycles. The van der Waals surface area contributed by atoms with E-state index in [0.717, 1.165) is 0 Å². The molecule has 8 nitrogen and oxygen atoms in total. The second-order valence-corrected chi connectivity index (χ2v) is 7.47. The molecule has 2 atom stereocenters. The van der Waals surface area contributed by atoms with Gasteiger partial charge in [-0.3, -0.25) is 14.4 Å². The second kappa shape index (κ2) is 9.32. The average Bonchev–Trinajstić information content (AvgIpc) is 3.11. The zero-order chi connectivity index (χ0) is 21.8. The third-order valence-electron chi connectivity index (χ3n) is 4.55. The van der Waals surface area contributed by atoms with Gasteiger partial charge in [-0.25, -0.2) is 4.98 Å². The van der Waals surface area contributed by atoms with E-state index in [1.165, 1.54) is 31.2 Å². The van der Waals surface area contributed by atoms with Crippen LogP contribution in [0, 0.1) is 5.92 Å². The van der Waals surface area contributed by atoms with Crippen LogP contribution < -0.4 is 15.0 Å². The number of carbonyl (C=O) groups excluding carboxylic acids is 3. The van der Waals surface area contributed by atoms with Gasteiger partial charge in [-0.2, -0.15) is 0 Å². The lowest BCUT2D eigenvalue weighted by atomic mass is 10.1. The van der Waals surface area contributed by atoms with Gasteiger partial charge in [0.25, 0.3) is 5.91 Å². The number of carbonyl (C=O) groups is 3. The van der Waals surface area contributed by atoms with Crippen molar-refractivity contribution < 1.29 is 23.9 Å². The SMILES string of the molecule is COc1ccccc1N1C[C@@H](C(=O)O[C@H](C)C(=O)Nc2ncc(Cl)cc2Cl)CC1=O. The van der Waals surface area contributed by atoms with Gasteiger partial charge in [0, 0.05) is 19.2 Å². The van der Waals surface area contributed by atoms with E-state index in [1.54, 1.807) is 24.3 Å². The first-order chi connectivity index (χ1) is 14.3. The number of halogens is 2. The molecule has 1 fully saturated rings. The second-order valence-electron chi connectivity index (χ2n) is 6.63. The van der Waals surface area contributed by atoms with Crippen LogP contribution in [0.25, 0.3) is 0 Å². The van der Waals surface area contributed by atoms with Crippen molar-refractivity contribution in [2.45, 2.75) is 19.4 Å². The first-order valence-electron chi connectivity index (χ1n) is 9.06. The van der Waals surface area contributed by atoms with Crippen molar-refractivity contribution in [3.8, 4) is 5.75 Å². The number of nitrogens with one attached hydrogen (secondary N) is 1. The highest BCUT2D eigenvalue weighted by Gasteiger charge is 2.38. The summed E-state index contributed by atoms with van der Waals surface area (Å²) in [4.78, 5) is 42.7. The molecule has 10 heteroatoms. The molecule has 1 N–H and O–H groups in total. The number of rotatable bonds is 6. The summed E-state index contributed by atoms with van der Waals surface area (Å²) in [5.74, 6) is -1.54. The van der Waals surface area contributed by atoms with E-state index in [0.29, 0.717) is 16.5 Å². The molecule has 3 rings (SSSR count). The summed E-state index contributed by atoms with van der Waals surface area (Å²) >= 11 is 11.8. The number of para-hydroxylation sites is 2. The number of hydrogen-bond acceptors (Lipinski definition) is 6. The van der Waals surface area contributed by atoms with Crippen LogP contribution in [0.2, 0.25) is 10.0 Å².